The number of furan rings is 1. The topological polar surface area (TPSA) is 68.5 Å². The molecule has 0 spiro atoms. The van der Waals surface area contributed by atoms with Crippen LogP contribution >= 0.6 is 0 Å². The molecule has 5 nitrogen and oxygen atoms in total. The number of hydrogen-bond donors (Lipinski definition) is 1. The molecule has 1 N–H and O–H groups in total. The molecular weight excluding hydrogens is 378 g/mol. The van der Waals surface area contributed by atoms with Crippen molar-refractivity contribution >= 4 is 28.3 Å². The molecule has 0 atom stereocenters. The summed E-state index contributed by atoms with van der Waals surface area (Å²) in [6.07, 6.45) is 0. The van der Waals surface area contributed by atoms with E-state index in [1.165, 1.54) is 0 Å². The number of carbonyl (C=O) groups is 2. The van der Waals surface area contributed by atoms with Crippen LogP contribution in [0.1, 0.15) is 27.2 Å². The van der Waals surface area contributed by atoms with Crippen LogP contribution in [0.25, 0.3) is 11.0 Å². The Morgan fingerprint density at radius 2 is 1.60 bits per heavy atom. The number of ether oxygens (including phenoxy) is 1. The van der Waals surface area contributed by atoms with Gasteiger partial charge in [0.05, 0.1) is 5.69 Å². The molecule has 1 aromatic heterocycles. The van der Waals surface area contributed by atoms with Crippen LogP contribution < -0.4 is 10.1 Å². The maximum Gasteiger partial charge on any atom is 0.262 e. The normalized spacial score (nSPS) is 10.7. The fourth-order valence-electron chi connectivity index (χ4n) is 3.20. The molecule has 0 aliphatic heterocycles. The van der Waals surface area contributed by atoms with Crippen molar-refractivity contribution < 1.29 is 18.7 Å². The van der Waals surface area contributed by atoms with Gasteiger partial charge in [-0.25, -0.2) is 0 Å². The number of aryl methyl sites for hydroxylation is 2. The van der Waals surface area contributed by atoms with Crippen molar-refractivity contribution in [1.29, 1.82) is 0 Å². The maximum atomic E-state index is 13.1. The van der Waals surface area contributed by atoms with Crippen LogP contribution in [-0.2, 0) is 4.79 Å². The van der Waals surface area contributed by atoms with Crippen molar-refractivity contribution in [2.24, 2.45) is 0 Å². The third-order valence-corrected chi connectivity index (χ3v) is 4.83. The summed E-state index contributed by atoms with van der Waals surface area (Å²) in [5.41, 5.74) is 3.37. The van der Waals surface area contributed by atoms with Gasteiger partial charge in [-0.15, -0.1) is 0 Å². The molecule has 150 valence electrons. The molecule has 1 amide bonds. The zero-order valence-electron chi connectivity index (χ0n) is 16.8. The van der Waals surface area contributed by atoms with Gasteiger partial charge in [-0.1, -0.05) is 60.2 Å². The highest BCUT2D eigenvalue weighted by molar-refractivity contribution is 6.17. The van der Waals surface area contributed by atoms with E-state index in [-0.39, 0.29) is 24.1 Å². The van der Waals surface area contributed by atoms with Gasteiger partial charge in [0, 0.05) is 10.9 Å². The smallest absolute Gasteiger partial charge is 0.262 e. The van der Waals surface area contributed by atoms with E-state index >= 15 is 0 Å². The Balaban J connectivity index is 1.61. The van der Waals surface area contributed by atoms with Crippen LogP contribution in [0.2, 0.25) is 0 Å². The van der Waals surface area contributed by atoms with Crippen molar-refractivity contribution in [2.75, 3.05) is 11.9 Å². The summed E-state index contributed by atoms with van der Waals surface area (Å²) in [6.45, 7) is 3.69. The monoisotopic (exact) mass is 399 g/mol. The fraction of sp³-hybridized carbons (Fsp3) is 0.120. The van der Waals surface area contributed by atoms with E-state index in [1.54, 1.807) is 18.2 Å². The molecule has 0 aliphatic rings. The van der Waals surface area contributed by atoms with Crippen LogP contribution in [0.15, 0.2) is 77.2 Å². The Morgan fingerprint density at radius 1 is 0.900 bits per heavy atom. The Morgan fingerprint density at radius 3 is 2.37 bits per heavy atom. The minimum absolute atomic E-state index is 0.101. The highest BCUT2D eigenvalue weighted by Crippen LogP contribution is 2.32. The molecule has 5 heteroatoms. The lowest BCUT2D eigenvalue weighted by Crippen LogP contribution is -2.21. The summed E-state index contributed by atoms with van der Waals surface area (Å²) in [5, 5.41) is 3.47. The van der Waals surface area contributed by atoms with Crippen LogP contribution in [0.4, 0.5) is 5.69 Å². The first-order chi connectivity index (χ1) is 14.5. The highest BCUT2D eigenvalue weighted by Gasteiger charge is 2.23. The first-order valence-corrected chi connectivity index (χ1v) is 9.64. The van der Waals surface area contributed by atoms with Crippen molar-refractivity contribution in [2.45, 2.75) is 13.8 Å². The average Bonchev–Trinajstić information content (AvgIpc) is 3.11. The Bertz CT molecular complexity index is 1220. The van der Waals surface area contributed by atoms with Gasteiger partial charge in [0.1, 0.15) is 11.3 Å². The lowest BCUT2D eigenvalue weighted by atomic mass is 10.1. The van der Waals surface area contributed by atoms with Gasteiger partial charge in [0.2, 0.25) is 5.78 Å². The van der Waals surface area contributed by atoms with Gasteiger partial charge in [0.15, 0.2) is 12.4 Å². The molecule has 30 heavy (non-hydrogen) atoms. The second-order valence-corrected chi connectivity index (χ2v) is 7.10. The molecule has 0 saturated carbocycles. The highest BCUT2D eigenvalue weighted by atomic mass is 16.5. The quantitative estimate of drug-likeness (QED) is 0.447. The number of rotatable bonds is 6. The molecule has 4 aromatic rings. The number of carbonyl (C=O) groups excluding carboxylic acids is 2. The minimum Gasteiger partial charge on any atom is -0.483 e. The largest absolute Gasteiger partial charge is 0.483 e. The third-order valence-electron chi connectivity index (χ3n) is 4.83. The van der Waals surface area contributed by atoms with Crippen LogP contribution in [0.3, 0.4) is 0 Å². The number of hydrogen-bond acceptors (Lipinski definition) is 4. The van der Waals surface area contributed by atoms with E-state index in [1.807, 2.05) is 68.4 Å². The second-order valence-electron chi connectivity index (χ2n) is 7.10. The van der Waals surface area contributed by atoms with E-state index < -0.39 is 0 Å². The van der Waals surface area contributed by atoms with Gasteiger partial charge in [-0.05, 0) is 37.6 Å². The van der Waals surface area contributed by atoms with Gasteiger partial charge < -0.3 is 14.5 Å². The van der Waals surface area contributed by atoms with Gasteiger partial charge in [-0.2, -0.15) is 0 Å². The van der Waals surface area contributed by atoms with Crippen LogP contribution in [0.5, 0.6) is 5.75 Å². The standard InChI is InChI=1S/C25H21NO4/c1-16-11-13-18(14-12-16)24(28)25-23(19-8-4-6-10-21(19)30-25)26-22(27)15-29-20-9-5-3-7-17(20)2/h3-14H,15H2,1-2H3,(H,26,27). The summed E-state index contributed by atoms with van der Waals surface area (Å²) < 4.78 is 11.5. The predicted molar refractivity (Wildman–Crippen MR) is 116 cm³/mol. The first-order valence-electron chi connectivity index (χ1n) is 9.64. The SMILES string of the molecule is Cc1ccc(C(=O)c2oc3ccccc3c2NC(=O)COc2ccccc2C)cc1. The summed E-state index contributed by atoms with van der Waals surface area (Å²) in [5.74, 6) is 0.0778. The van der Waals surface area contributed by atoms with Crippen molar-refractivity contribution in [3.63, 3.8) is 0 Å². The van der Waals surface area contributed by atoms with E-state index in [0.717, 1.165) is 11.1 Å². The predicted octanol–water partition coefficient (Wildman–Crippen LogP) is 5.30. The molecule has 1 heterocycles. The number of benzene rings is 3. The van der Waals surface area contributed by atoms with Crippen LogP contribution in [-0.4, -0.2) is 18.3 Å². The van der Waals surface area contributed by atoms with E-state index in [9.17, 15) is 9.59 Å². The molecule has 0 bridgehead atoms. The van der Waals surface area contributed by atoms with E-state index in [4.69, 9.17) is 9.15 Å². The zero-order valence-corrected chi connectivity index (χ0v) is 16.8. The third kappa shape index (κ3) is 3.96. The van der Waals surface area contributed by atoms with Crippen molar-refractivity contribution in [1.82, 2.24) is 0 Å². The molecular formula is C25H21NO4. The van der Waals surface area contributed by atoms with Crippen molar-refractivity contribution in [3.05, 3.63) is 95.2 Å². The summed E-state index contributed by atoms with van der Waals surface area (Å²) in [6, 6.07) is 21.9. The zero-order chi connectivity index (χ0) is 21.1. The lowest BCUT2D eigenvalue weighted by Gasteiger charge is -2.09. The minimum atomic E-state index is -0.372. The summed E-state index contributed by atoms with van der Waals surface area (Å²) in [4.78, 5) is 25.7. The fourth-order valence-corrected chi connectivity index (χ4v) is 3.20. The Hall–Kier alpha value is -3.86. The molecule has 4 rings (SSSR count). The van der Waals surface area contributed by atoms with E-state index in [2.05, 4.69) is 5.32 Å². The van der Waals surface area contributed by atoms with Crippen molar-refractivity contribution in [3.8, 4) is 5.75 Å². The number of nitrogens with one attached hydrogen (secondary N) is 1. The number of ketones is 1. The number of amides is 1. The first kappa shape index (κ1) is 19.5. The maximum absolute atomic E-state index is 13.1. The number of para-hydroxylation sites is 2. The lowest BCUT2D eigenvalue weighted by molar-refractivity contribution is -0.118. The summed E-state index contributed by atoms with van der Waals surface area (Å²) in [7, 11) is 0. The molecule has 0 aliphatic carbocycles. The number of fused-ring (bicyclic) bond motifs is 1. The number of anilines is 1. The molecule has 3 aromatic carbocycles. The molecule has 0 saturated heterocycles. The second kappa shape index (κ2) is 8.25. The Labute approximate surface area is 174 Å². The Kier molecular flexibility index (Phi) is 5.35. The molecule has 0 radical (unpaired) electrons. The van der Waals surface area contributed by atoms with Gasteiger partial charge in [-0.3, -0.25) is 9.59 Å². The van der Waals surface area contributed by atoms with Gasteiger partial charge >= 0.3 is 0 Å². The van der Waals surface area contributed by atoms with Gasteiger partial charge in [0.25, 0.3) is 5.91 Å². The van der Waals surface area contributed by atoms with Crippen LogP contribution in [0, 0.1) is 13.8 Å². The molecule has 0 unspecified atom stereocenters. The molecule has 0 fully saturated rings. The summed E-state index contributed by atoms with van der Waals surface area (Å²) >= 11 is 0. The average molecular weight is 399 g/mol. The van der Waals surface area contributed by atoms with E-state index in [0.29, 0.717) is 28.0 Å².